The Hall–Kier alpha value is -4.50. The van der Waals surface area contributed by atoms with Gasteiger partial charge in [-0.3, -0.25) is 14.4 Å². The summed E-state index contributed by atoms with van der Waals surface area (Å²) in [5.41, 5.74) is 2.55. The Balaban J connectivity index is 2.06. The molecule has 3 aromatic carbocycles. The molecule has 12 heteroatoms. The molecule has 0 heterocycles. The van der Waals surface area contributed by atoms with E-state index in [1.165, 1.54) is 37.5 Å². The molecule has 0 bridgehead atoms. The van der Waals surface area contributed by atoms with Gasteiger partial charge in [0.2, 0.25) is 5.91 Å². The molecule has 1 amide bonds. The summed E-state index contributed by atoms with van der Waals surface area (Å²) in [6.07, 6.45) is 3.82. The molecule has 0 radical (unpaired) electrons. The molecule has 0 spiro atoms. The number of rotatable bonds is 13. The van der Waals surface area contributed by atoms with E-state index in [2.05, 4.69) is 5.32 Å². The monoisotopic (exact) mass is 596 g/mol. The maximum atomic E-state index is 13.6. The van der Waals surface area contributed by atoms with E-state index in [1.807, 2.05) is 30.3 Å². The van der Waals surface area contributed by atoms with Crippen LogP contribution in [0.2, 0.25) is 10.1 Å². The Morgan fingerprint density at radius 1 is 1.02 bits per heavy atom. The fourth-order valence-corrected chi connectivity index (χ4v) is 4.57. The van der Waals surface area contributed by atoms with Gasteiger partial charge in [0.05, 0.1) is 36.2 Å². The topological polar surface area (TPSA) is 113 Å². The first kappa shape index (κ1) is 33.0. The Bertz CT molecular complexity index is 1550. The first-order valence-electron chi connectivity index (χ1n) is 13.5. The van der Waals surface area contributed by atoms with Crippen LogP contribution >= 0.6 is 11.6 Å². The lowest BCUT2D eigenvalue weighted by Crippen LogP contribution is -2.41. The molecule has 1 atom stereocenters. The van der Waals surface area contributed by atoms with Gasteiger partial charge in [0.15, 0.2) is 0 Å². The number of likely N-dealkylation sites (N-methyl/N-ethyl adjacent to an activating group) is 1. The molecule has 43 heavy (non-hydrogen) atoms. The number of ketones is 1. The molecule has 8 nitrogen and oxygen atoms in total. The van der Waals surface area contributed by atoms with Crippen LogP contribution in [0.25, 0.3) is 5.57 Å². The molecular weight excluding hydrogens is 564 g/mol. The predicted molar refractivity (Wildman–Crippen MR) is 177 cm³/mol. The number of hydrogen-bond donors (Lipinski definition) is 2. The number of carbonyl (C=O) groups is 4. The molecule has 3 aromatic rings. The molecule has 2 N–H and O–H groups in total. The maximum Gasteiger partial charge on any atom is 0.335 e. The first-order valence-corrected chi connectivity index (χ1v) is 13.9. The minimum Gasteiger partial charge on any atom is -0.495 e. The van der Waals surface area contributed by atoms with Gasteiger partial charge in [0.1, 0.15) is 23.9 Å². The standard InChI is InChI=1S/C31H32B3ClN2O6/c1-37(18-27(43-2)23(14-15-38)25-17-21(35)10-13-24(25)28(39)31(32,33)34)26(16-19-6-4-3-5-7-19)29(40)36-22-11-8-20(9-12-22)30(41)42/h3-15,17-18,26H,16,32-34H2,1-2H3,(H,36,40)(H,41,42)/b23-14-,27-18+/t26-/m0/s1. The van der Waals surface area contributed by atoms with Crippen molar-refractivity contribution in [1.82, 2.24) is 4.90 Å². The number of anilines is 1. The third-order valence-electron chi connectivity index (χ3n) is 6.70. The van der Waals surface area contributed by atoms with Crippen molar-refractivity contribution in [2.45, 2.75) is 17.6 Å². The van der Waals surface area contributed by atoms with E-state index in [0.29, 0.717) is 40.1 Å². The number of Topliss-reactive ketones (excluding diaryl/α,β-unsaturated/α-hetero) is 1. The summed E-state index contributed by atoms with van der Waals surface area (Å²) in [6.45, 7) is 0. The number of ether oxygens (including phenoxy) is 1. The van der Waals surface area contributed by atoms with Gasteiger partial charge in [-0.2, -0.15) is 0 Å². The summed E-state index contributed by atoms with van der Waals surface area (Å²) in [4.78, 5) is 51.7. The van der Waals surface area contributed by atoms with Crippen LogP contribution in [0.1, 0.15) is 31.8 Å². The van der Waals surface area contributed by atoms with Crippen LogP contribution < -0.4 is 5.32 Å². The van der Waals surface area contributed by atoms with Crippen molar-refractivity contribution in [2.75, 3.05) is 19.5 Å². The van der Waals surface area contributed by atoms with Gasteiger partial charge in [0, 0.05) is 41.5 Å². The number of carbonyl (C=O) groups excluding carboxylic acids is 3. The maximum absolute atomic E-state index is 13.6. The van der Waals surface area contributed by atoms with Gasteiger partial charge < -0.3 is 20.1 Å². The largest absolute Gasteiger partial charge is 0.495 e. The number of aromatic carboxylic acids is 1. The minimum atomic E-state index is -1.07. The number of aldehydes is 1. The number of halogens is 1. The zero-order chi connectivity index (χ0) is 31.7. The van der Waals surface area contributed by atoms with Crippen molar-refractivity contribution in [3.63, 3.8) is 0 Å². The van der Waals surface area contributed by atoms with Gasteiger partial charge in [-0.05, 0) is 59.7 Å². The zero-order valence-electron chi connectivity index (χ0n) is 24.8. The highest BCUT2D eigenvalue weighted by molar-refractivity contribution is 6.70. The van der Waals surface area contributed by atoms with Crippen LogP contribution in [0.4, 0.5) is 5.69 Å². The molecule has 0 saturated carbocycles. The van der Waals surface area contributed by atoms with E-state index >= 15 is 0 Å². The lowest BCUT2D eigenvalue weighted by molar-refractivity contribution is -0.120. The van der Waals surface area contributed by atoms with Crippen molar-refractivity contribution < 1.29 is 29.0 Å². The van der Waals surface area contributed by atoms with Crippen LogP contribution in [0.5, 0.6) is 0 Å². The van der Waals surface area contributed by atoms with Crippen molar-refractivity contribution >= 4 is 70.3 Å². The average molecular weight is 596 g/mol. The van der Waals surface area contributed by atoms with E-state index in [9.17, 15) is 24.3 Å². The number of benzene rings is 3. The van der Waals surface area contributed by atoms with E-state index in [-0.39, 0.29) is 23.0 Å². The number of nitrogens with one attached hydrogen (secondary N) is 1. The number of nitrogens with zero attached hydrogens (tertiary/aromatic N) is 1. The van der Waals surface area contributed by atoms with E-state index in [4.69, 9.17) is 16.3 Å². The van der Waals surface area contributed by atoms with Crippen LogP contribution in [0, 0.1) is 0 Å². The molecule has 3 rings (SSSR count). The minimum absolute atomic E-state index is 0.100. The molecule has 0 aliphatic carbocycles. The number of allylic oxidation sites excluding steroid dienone is 2. The number of carboxylic acid groups (broad SMARTS) is 1. The van der Waals surface area contributed by atoms with Gasteiger partial charge in [-0.1, -0.05) is 47.0 Å². The SMILES string of the molecule is BC(B)(B)C(=O)c1ccc(Cl)cc1C(=C/C=O)/C(=C\N(C)[C@@H](Cc1ccccc1)C(=O)Nc1ccc(C(=O)O)cc1)OC. The summed E-state index contributed by atoms with van der Waals surface area (Å²) in [5, 5.41) is 11.7. The molecule has 0 fully saturated rings. The van der Waals surface area contributed by atoms with Crippen molar-refractivity contribution in [1.29, 1.82) is 0 Å². The summed E-state index contributed by atoms with van der Waals surface area (Å²) in [6, 6.07) is 19.4. The molecule has 0 unspecified atom stereocenters. The Kier molecular flexibility index (Phi) is 11.2. The average Bonchev–Trinajstić information content (AvgIpc) is 2.97. The third-order valence-corrected chi connectivity index (χ3v) is 6.94. The lowest BCUT2D eigenvalue weighted by atomic mass is 9.40. The van der Waals surface area contributed by atoms with Crippen LogP contribution in [0.3, 0.4) is 0 Å². The first-order chi connectivity index (χ1) is 20.3. The van der Waals surface area contributed by atoms with Gasteiger partial charge in [-0.15, -0.1) is 0 Å². The van der Waals surface area contributed by atoms with Crippen molar-refractivity contribution in [3.05, 3.63) is 118 Å². The second-order valence-corrected chi connectivity index (χ2v) is 11.4. The van der Waals surface area contributed by atoms with Crippen molar-refractivity contribution in [2.24, 2.45) is 0 Å². The highest BCUT2D eigenvalue weighted by Gasteiger charge is 2.28. The zero-order valence-corrected chi connectivity index (χ0v) is 25.5. The van der Waals surface area contributed by atoms with Crippen molar-refractivity contribution in [3.8, 4) is 0 Å². The second kappa shape index (κ2) is 14.6. The second-order valence-electron chi connectivity index (χ2n) is 10.9. The summed E-state index contributed by atoms with van der Waals surface area (Å²) < 4.78 is 5.73. The molecular formula is C31H32B3ClN2O6. The molecule has 0 aromatic heterocycles. The Morgan fingerprint density at radius 3 is 2.23 bits per heavy atom. The smallest absolute Gasteiger partial charge is 0.335 e. The number of hydrogen-bond acceptors (Lipinski definition) is 6. The summed E-state index contributed by atoms with van der Waals surface area (Å²) >= 11 is 6.34. The number of carboxylic acids is 1. The van der Waals surface area contributed by atoms with E-state index in [1.54, 1.807) is 59.9 Å². The summed E-state index contributed by atoms with van der Waals surface area (Å²) in [7, 11) is 8.56. The molecule has 218 valence electrons. The normalized spacial score (nSPS) is 12.6. The Labute approximate surface area is 259 Å². The van der Waals surface area contributed by atoms with Gasteiger partial charge in [0.25, 0.3) is 0 Å². The molecule has 0 aliphatic rings. The fourth-order valence-electron chi connectivity index (χ4n) is 4.40. The third kappa shape index (κ3) is 8.75. The van der Waals surface area contributed by atoms with Gasteiger partial charge >= 0.3 is 5.97 Å². The molecule has 0 aliphatic heterocycles. The highest BCUT2D eigenvalue weighted by Crippen LogP contribution is 2.33. The van der Waals surface area contributed by atoms with Crippen LogP contribution in [-0.4, -0.2) is 77.7 Å². The van der Waals surface area contributed by atoms with Crippen LogP contribution in [-0.2, 0) is 20.7 Å². The summed E-state index contributed by atoms with van der Waals surface area (Å²) in [5.74, 6) is -1.33. The van der Waals surface area contributed by atoms with Gasteiger partial charge in [-0.25, -0.2) is 4.79 Å². The van der Waals surface area contributed by atoms with Crippen LogP contribution in [0.15, 0.2) is 90.8 Å². The lowest BCUT2D eigenvalue weighted by Gasteiger charge is -2.28. The Morgan fingerprint density at radius 2 is 1.67 bits per heavy atom. The molecule has 0 saturated heterocycles. The van der Waals surface area contributed by atoms with E-state index < -0.39 is 17.1 Å². The predicted octanol–water partition coefficient (Wildman–Crippen LogP) is 2.45. The number of methoxy groups -OCH3 is 1. The fraction of sp³-hybridized carbons (Fsp3) is 0.161. The highest BCUT2D eigenvalue weighted by atomic mass is 35.5. The van der Waals surface area contributed by atoms with E-state index in [0.717, 1.165) is 5.56 Å². The number of amides is 1. The quantitative estimate of drug-likeness (QED) is 0.0779.